The van der Waals surface area contributed by atoms with E-state index >= 15 is 0 Å². The number of ether oxygens (including phenoxy) is 1. The van der Waals surface area contributed by atoms with Crippen molar-refractivity contribution in [3.8, 4) is 0 Å². The maximum atomic E-state index is 11.6. The first-order valence-corrected chi connectivity index (χ1v) is 6.74. The molecule has 0 saturated carbocycles. The fourth-order valence-corrected chi connectivity index (χ4v) is 2.15. The first kappa shape index (κ1) is 15.7. The van der Waals surface area contributed by atoms with Crippen LogP contribution in [0.2, 0.25) is 0 Å². The van der Waals surface area contributed by atoms with Gasteiger partial charge in [-0.2, -0.15) is 0 Å². The number of benzene rings is 1. The SMILES string of the molecule is COC(=O)CC(C)(c1ccc(C(C)C)cc1)C(C)N. The molecule has 19 heavy (non-hydrogen) atoms. The monoisotopic (exact) mass is 263 g/mol. The highest BCUT2D eigenvalue weighted by Gasteiger charge is 2.34. The van der Waals surface area contributed by atoms with Crippen molar-refractivity contribution in [3.05, 3.63) is 35.4 Å². The summed E-state index contributed by atoms with van der Waals surface area (Å²) in [6.07, 6.45) is 0.294. The lowest BCUT2D eigenvalue weighted by atomic mass is 9.74. The van der Waals surface area contributed by atoms with Gasteiger partial charge in [0.2, 0.25) is 0 Å². The molecule has 3 heteroatoms. The molecule has 0 radical (unpaired) electrons. The Morgan fingerprint density at radius 1 is 1.26 bits per heavy atom. The van der Waals surface area contributed by atoms with Crippen molar-refractivity contribution < 1.29 is 9.53 Å². The van der Waals surface area contributed by atoms with Gasteiger partial charge in [-0.25, -0.2) is 0 Å². The average Bonchev–Trinajstić information content (AvgIpc) is 2.38. The van der Waals surface area contributed by atoms with Crippen molar-refractivity contribution in [2.45, 2.75) is 51.5 Å². The molecule has 0 bridgehead atoms. The highest BCUT2D eigenvalue weighted by Crippen LogP contribution is 2.32. The van der Waals surface area contributed by atoms with Crippen LogP contribution in [0.1, 0.15) is 51.2 Å². The smallest absolute Gasteiger partial charge is 0.306 e. The van der Waals surface area contributed by atoms with E-state index in [-0.39, 0.29) is 12.0 Å². The number of esters is 1. The molecule has 1 rings (SSSR count). The van der Waals surface area contributed by atoms with Crippen molar-refractivity contribution in [2.24, 2.45) is 5.73 Å². The van der Waals surface area contributed by atoms with Gasteiger partial charge in [-0.1, -0.05) is 45.0 Å². The number of carbonyl (C=O) groups excluding carboxylic acids is 1. The topological polar surface area (TPSA) is 52.3 Å². The van der Waals surface area contributed by atoms with Gasteiger partial charge < -0.3 is 10.5 Å². The third kappa shape index (κ3) is 3.57. The molecule has 106 valence electrons. The zero-order valence-corrected chi connectivity index (χ0v) is 12.6. The van der Waals surface area contributed by atoms with Crippen molar-refractivity contribution in [1.82, 2.24) is 0 Å². The molecule has 2 unspecified atom stereocenters. The quantitative estimate of drug-likeness (QED) is 0.831. The van der Waals surface area contributed by atoms with Crippen LogP contribution in [0.15, 0.2) is 24.3 Å². The van der Waals surface area contributed by atoms with E-state index in [0.717, 1.165) is 5.56 Å². The molecule has 0 heterocycles. The lowest BCUT2D eigenvalue weighted by molar-refractivity contribution is -0.142. The Labute approximate surface area is 116 Å². The predicted octanol–water partition coefficient (Wildman–Crippen LogP) is 2.98. The average molecular weight is 263 g/mol. The largest absolute Gasteiger partial charge is 0.469 e. The predicted molar refractivity (Wildman–Crippen MR) is 78.2 cm³/mol. The van der Waals surface area contributed by atoms with E-state index in [1.54, 1.807) is 0 Å². The summed E-state index contributed by atoms with van der Waals surface area (Å²) >= 11 is 0. The second-order valence-electron chi connectivity index (χ2n) is 5.74. The lowest BCUT2D eigenvalue weighted by Gasteiger charge is -2.33. The van der Waals surface area contributed by atoms with Crippen LogP contribution in [0.5, 0.6) is 0 Å². The number of hydrogen-bond acceptors (Lipinski definition) is 3. The maximum Gasteiger partial charge on any atom is 0.306 e. The zero-order chi connectivity index (χ0) is 14.6. The summed E-state index contributed by atoms with van der Waals surface area (Å²) in [6.45, 7) is 8.26. The molecule has 3 nitrogen and oxygen atoms in total. The number of hydrogen-bond donors (Lipinski definition) is 1. The Morgan fingerprint density at radius 2 is 1.79 bits per heavy atom. The molecule has 0 amide bonds. The van der Waals surface area contributed by atoms with Gasteiger partial charge in [0, 0.05) is 11.5 Å². The second-order valence-corrected chi connectivity index (χ2v) is 5.74. The standard InChI is InChI=1S/C16H25NO2/c1-11(2)13-6-8-14(9-7-13)16(4,12(3)17)10-15(18)19-5/h6-9,11-12H,10,17H2,1-5H3. The van der Waals surface area contributed by atoms with E-state index in [4.69, 9.17) is 10.5 Å². The molecule has 2 N–H and O–H groups in total. The van der Waals surface area contributed by atoms with Crippen molar-refractivity contribution >= 4 is 5.97 Å². The maximum absolute atomic E-state index is 11.6. The fraction of sp³-hybridized carbons (Fsp3) is 0.562. The van der Waals surface area contributed by atoms with Gasteiger partial charge in [-0.3, -0.25) is 4.79 Å². The van der Waals surface area contributed by atoms with Gasteiger partial charge >= 0.3 is 5.97 Å². The number of rotatable bonds is 5. The molecule has 1 aromatic rings. The Kier molecular flexibility index (Phi) is 5.12. The summed E-state index contributed by atoms with van der Waals surface area (Å²) in [4.78, 5) is 11.6. The Balaban J connectivity index is 3.08. The fourth-order valence-electron chi connectivity index (χ4n) is 2.15. The van der Waals surface area contributed by atoms with Crippen molar-refractivity contribution in [2.75, 3.05) is 7.11 Å². The summed E-state index contributed by atoms with van der Waals surface area (Å²) in [5.74, 6) is 0.268. The van der Waals surface area contributed by atoms with Crippen LogP contribution in [-0.4, -0.2) is 19.1 Å². The van der Waals surface area contributed by atoms with Crippen LogP contribution < -0.4 is 5.73 Å². The summed E-state index contributed by atoms with van der Waals surface area (Å²) in [5.41, 5.74) is 8.06. The summed E-state index contributed by atoms with van der Waals surface area (Å²) in [7, 11) is 1.41. The van der Waals surface area contributed by atoms with Gasteiger partial charge in [0.15, 0.2) is 0 Å². The molecule has 0 aliphatic carbocycles. The second kappa shape index (κ2) is 6.20. The summed E-state index contributed by atoms with van der Waals surface area (Å²) in [6, 6.07) is 8.23. The highest BCUT2D eigenvalue weighted by atomic mass is 16.5. The number of methoxy groups -OCH3 is 1. The summed E-state index contributed by atoms with van der Waals surface area (Å²) < 4.78 is 4.79. The minimum atomic E-state index is -0.400. The first-order valence-electron chi connectivity index (χ1n) is 6.74. The van der Waals surface area contributed by atoms with Crippen molar-refractivity contribution in [1.29, 1.82) is 0 Å². The molecular weight excluding hydrogens is 238 g/mol. The molecular formula is C16H25NO2. The van der Waals surface area contributed by atoms with E-state index in [1.165, 1.54) is 12.7 Å². The van der Waals surface area contributed by atoms with E-state index in [0.29, 0.717) is 12.3 Å². The van der Waals surface area contributed by atoms with E-state index < -0.39 is 5.41 Å². The minimum absolute atomic E-state index is 0.128. The van der Waals surface area contributed by atoms with Crippen LogP contribution in [0.3, 0.4) is 0 Å². The van der Waals surface area contributed by atoms with Gasteiger partial charge in [-0.05, 0) is 24.0 Å². The Morgan fingerprint density at radius 3 is 2.16 bits per heavy atom. The van der Waals surface area contributed by atoms with Gasteiger partial charge in [0.05, 0.1) is 13.5 Å². The van der Waals surface area contributed by atoms with E-state index in [1.807, 2.05) is 13.8 Å². The van der Waals surface area contributed by atoms with E-state index in [2.05, 4.69) is 38.1 Å². The van der Waals surface area contributed by atoms with Gasteiger partial charge in [-0.15, -0.1) is 0 Å². The highest BCUT2D eigenvalue weighted by molar-refractivity contribution is 5.71. The normalized spacial score (nSPS) is 15.9. The van der Waals surface area contributed by atoms with Crippen molar-refractivity contribution in [3.63, 3.8) is 0 Å². The van der Waals surface area contributed by atoms with Gasteiger partial charge in [0.25, 0.3) is 0 Å². The molecule has 0 aliphatic rings. The molecule has 0 aromatic heterocycles. The minimum Gasteiger partial charge on any atom is -0.469 e. The Hall–Kier alpha value is -1.35. The molecule has 0 saturated heterocycles. The van der Waals surface area contributed by atoms with Crippen LogP contribution >= 0.6 is 0 Å². The van der Waals surface area contributed by atoms with Crippen LogP contribution in [0, 0.1) is 0 Å². The lowest BCUT2D eigenvalue weighted by Crippen LogP contribution is -2.42. The third-order valence-electron chi connectivity index (χ3n) is 3.98. The van der Waals surface area contributed by atoms with Crippen LogP contribution in [0.25, 0.3) is 0 Å². The van der Waals surface area contributed by atoms with Crippen LogP contribution in [0.4, 0.5) is 0 Å². The van der Waals surface area contributed by atoms with Gasteiger partial charge in [0.1, 0.15) is 0 Å². The first-order chi connectivity index (χ1) is 8.81. The zero-order valence-electron chi connectivity index (χ0n) is 12.6. The number of carbonyl (C=O) groups is 1. The number of nitrogens with two attached hydrogens (primary N) is 1. The molecule has 2 atom stereocenters. The molecule has 0 spiro atoms. The summed E-state index contributed by atoms with van der Waals surface area (Å²) in [5, 5.41) is 0. The Bertz CT molecular complexity index is 423. The molecule has 0 aliphatic heterocycles. The van der Waals surface area contributed by atoms with Crippen LogP contribution in [-0.2, 0) is 14.9 Å². The third-order valence-corrected chi connectivity index (χ3v) is 3.98. The molecule has 1 aromatic carbocycles. The van der Waals surface area contributed by atoms with E-state index in [9.17, 15) is 4.79 Å². The molecule has 0 fully saturated rings.